The van der Waals surface area contributed by atoms with Crippen molar-refractivity contribution in [2.45, 2.75) is 6.92 Å². The van der Waals surface area contributed by atoms with E-state index < -0.39 is 5.97 Å². The van der Waals surface area contributed by atoms with Crippen molar-refractivity contribution in [3.8, 4) is 0 Å². The van der Waals surface area contributed by atoms with E-state index in [-0.39, 0.29) is 12.2 Å². The first kappa shape index (κ1) is 15.6. The van der Waals surface area contributed by atoms with Gasteiger partial charge in [0.1, 0.15) is 11.4 Å². The summed E-state index contributed by atoms with van der Waals surface area (Å²) in [6.07, 6.45) is 1.46. The summed E-state index contributed by atoms with van der Waals surface area (Å²) in [4.78, 5) is 16.1. The number of nitrogen functional groups attached to an aromatic ring is 1. The van der Waals surface area contributed by atoms with Crippen LogP contribution in [0.15, 0.2) is 34.9 Å². The molecule has 0 fully saturated rings. The molecule has 1 aromatic heterocycles. The number of ether oxygens (including phenoxy) is 1. The number of benzene rings is 1. The van der Waals surface area contributed by atoms with Gasteiger partial charge in [0, 0.05) is 10.2 Å². The third-order valence-electron chi connectivity index (χ3n) is 2.59. The Kier molecular flexibility index (Phi) is 5.03. The van der Waals surface area contributed by atoms with Crippen LogP contribution in [0.4, 0.5) is 17.2 Å². The molecule has 0 unspecified atom stereocenters. The molecule has 110 valence electrons. The molecule has 0 spiro atoms. The number of anilines is 3. The Bertz CT molecular complexity index is 679. The highest BCUT2D eigenvalue weighted by atomic mass is 79.9. The van der Waals surface area contributed by atoms with Crippen molar-refractivity contribution in [3.63, 3.8) is 0 Å². The highest BCUT2D eigenvalue weighted by Crippen LogP contribution is 2.28. The van der Waals surface area contributed by atoms with E-state index in [4.69, 9.17) is 22.1 Å². The Morgan fingerprint density at radius 1 is 1.48 bits per heavy atom. The molecule has 1 heterocycles. The van der Waals surface area contributed by atoms with Crippen LogP contribution in [0, 0.1) is 0 Å². The Hall–Kier alpha value is -1.79. The molecule has 0 amide bonds. The Balaban J connectivity index is 2.34. The van der Waals surface area contributed by atoms with Crippen LogP contribution in [0.5, 0.6) is 0 Å². The molecule has 0 bridgehead atoms. The van der Waals surface area contributed by atoms with Crippen molar-refractivity contribution in [3.05, 3.63) is 45.5 Å². The zero-order chi connectivity index (χ0) is 15.4. The minimum absolute atomic E-state index is 0.274. The lowest BCUT2D eigenvalue weighted by Crippen LogP contribution is -2.10. The molecule has 0 aliphatic rings. The van der Waals surface area contributed by atoms with Crippen molar-refractivity contribution >= 4 is 50.7 Å². The van der Waals surface area contributed by atoms with Gasteiger partial charge in [-0.1, -0.05) is 11.6 Å². The molecular weight excluding hydrogens is 358 g/mol. The fraction of sp³-hybridized carbons (Fsp3) is 0.143. The minimum Gasteiger partial charge on any atom is -0.462 e. The van der Waals surface area contributed by atoms with E-state index in [0.29, 0.717) is 22.2 Å². The van der Waals surface area contributed by atoms with E-state index in [9.17, 15) is 4.79 Å². The molecule has 2 rings (SSSR count). The van der Waals surface area contributed by atoms with Crippen LogP contribution in [0.1, 0.15) is 17.3 Å². The summed E-state index contributed by atoms with van der Waals surface area (Å²) in [6.45, 7) is 2.01. The molecule has 21 heavy (non-hydrogen) atoms. The summed E-state index contributed by atoms with van der Waals surface area (Å²) in [5.74, 6) is -0.121. The summed E-state index contributed by atoms with van der Waals surface area (Å²) in [5, 5.41) is 3.58. The number of nitrogens with zero attached hydrogens (tertiary/aromatic N) is 1. The first-order chi connectivity index (χ1) is 10.0. The van der Waals surface area contributed by atoms with Gasteiger partial charge in [-0.2, -0.15) is 0 Å². The molecular formula is C14H13BrClN3O2. The number of pyridine rings is 1. The molecule has 0 radical (unpaired) electrons. The second kappa shape index (κ2) is 6.78. The van der Waals surface area contributed by atoms with Gasteiger partial charge >= 0.3 is 5.97 Å². The van der Waals surface area contributed by atoms with Gasteiger partial charge < -0.3 is 15.8 Å². The van der Waals surface area contributed by atoms with E-state index in [2.05, 4.69) is 26.2 Å². The molecule has 2 aromatic rings. The first-order valence-electron chi connectivity index (χ1n) is 6.16. The maximum Gasteiger partial charge on any atom is 0.341 e. The van der Waals surface area contributed by atoms with Gasteiger partial charge in [0.2, 0.25) is 0 Å². The average molecular weight is 371 g/mol. The third kappa shape index (κ3) is 3.86. The Morgan fingerprint density at radius 2 is 2.24 bits per heavy atom. The predicted molar refractivity (Wildman–Crippen MR) is 87.0 cm³/mol. The van der Waals surface area contributed by atoms with Crippen molar-refractivity contribution in [1.29, 1.82) is 0 Å². The molecule has 1 aromatic carbocycles. The van der Waals surface area contributed by atoms with Gasteiger partial charge in [0.15, 0.2) is 0 Å². The second-order valence-electron chi connectivity index (χ2n) is 4.14. The lowest BCUT2D eigenvalue weighted by molar-refractivity contribution is 0.0527. The zero-order valence-corrected chi connectivity index (χ0v) is 13.5. The van der Waals surface area contributed by atoms with E-state index in [0.717, 1.165) is 4.47 Å². The SMILES string of the molecule is CCOC(=O)c1cc(N)cnc1Nc1ccc(Br)c(Cl)c1. The molecule has 0 saturated carbocycles. The fourth-order valence-electron chi connectivity index (χ4n) is 1.66. The van der Waals surface area contributed by atoms with E-state index in [1.165, 1.54) is 12.3 Å². The lowest BCUT2D eigenvalue weighted by atomic mass is 10.2. The highest BCUT2D eigenvalue weighted by Gasteiger charge is 2.15. The molecule has 0 atom stereocenters. The van der Waals surface area contributed by atoms with Crippen LogP contribution in [0.3, 0.4) is 0 Å². The van der Waals surface area contributed by atoms with Gasteiger partial charge in [-0.3, -0.25) is 0 Å². The van der Waals surface area contributed by atoms with Crippen molar-refractivity contribution in [1.82, 2.24) is 4.98 Å². The Morgan fingerprint density at radius 3 is 2.90 bits per heavy atom. The molecule has 7 heteroatoms. The van der Waals surface area contributed by atoms with Gasteiger partial charge in [-0.05, 0) is 47.1 Å². The number of halogens is 2. The number of nitrogens with one attached hydrogen (secondary N) is 1. The number of hydrogen-bond donors (Lipinski definition) is 2. The molecule has 3 N–H and O–H groups in total. The van der Waals surface area contributed by atoms with Crippen molar-refractivity contribution < 1.29 is 9.53 Å². The minimum atomic E-state index is -0.483. The Labute approximate surface area is 135 Å². The van der Waals surface area contributed by atoms with Crippen LogP contribution in [0.25, 0.3) is 0 Å². The highest BCUT2D eigenvalue weighted by molar-refractivity contribution is 9.10. The molecule has 5 nitrogen and oxygen atoms in total. The smallest absolute Gasteiger partial charge is 0.341 e. The average Bonchev–Trinajstić information content (AvgIpc) is 2.45. The topological polar surface area (TPSA) is 77.2 Å². The van der Waals surface area contributed by atoms with E-state index in [1.807, 2.05) is 6.07 Å². The maximum absolute atomic E-state index is 11.9. The quantitative estimate of drug-likeness (QED) is 0.795. The number of hydrogen-bond acceptors (Lipinski definition) is 5. The predicted octanol–water partition coefficient (Wildman–Crippen LogP) is 4.00. The normalized spacial score (nSPS) is 10.2. The van der Waals surface area contributed by atoms with Gasteiger partial charge in [-0.15, -0.1) is 0 Å². The van der Waals surface area contributed by atoms with Crippen LogP contribution in [-0.2, 0) is 4.74 Å². The van der Waals surface area contributed by atoms with E-state index in [1.54, 1.807) is 19.1 Å². The standard InChI is InChI=1S/C14H13BrClN3O2/c1-2-21-14(20)10-5-8(17)7-18-13(10)19-9-3-4-11(15)12(16)6-9/h3-7H,2,17H2,1H3,(H,18,19). The zero-order valence-electron chi connectivity index (χ0n) is 11.2. The molecule has 0 aliphatic heterocycles. The van der Waals surface area contributed by atoms with E-state index >= 15 is 0 Å². The van der Waals surface area contributed by atoms with Crippen LogP contribution >= 0.6 is 27.5 Å². The summed E-state index contributed by atoms with van der Waals surface area (Å²) in [7, 11) is 0. The van der Waals surface area contributed by atoms with Crippen LogP contribution in [-0.4, -0.2) is 17.6 Å². The molecule has 0 saturated heterocycles. The van der Waals surface area contributed by atoms with Gasteiger partial charge in [0.25, 0.3) is 0 Å². The number of aromatic nitrogens is 1. The summed E-state index contributed by atoms with van der Waals surface area (Å²) in [5.41, 5.74) is 7.03. The number of rotatable bonds is 4. The van der Waals surface area contributed by atoms with Gasteiger partial charge in [-0.25, -0.2) is 9.78 Å². The number of carbonyl (C=O) groups excluding carboxylic acids is 1. The summed E-state index contributed by atoms with van der Waals surface area (Å²) < 4.78 is 5.78. The summed E-state index contributed by atoms with van der Waals surface area (Å²) in [6, 6.07) is 6.85. The van der Waals surface area contributed by atoms with Crippen molar-refractivity contribution in [2.24, 2.45) is 0 Å². The second-order valence-corrected chi connectivity index (χ2v) is 5.40. The summed E-state index contributed by atoms with van der Waals surface area (Å²) >= 11 is 9.35. The lowest BCUT2D eigenvalue weighted by Gasteiger charge is -2.11. The monoisotopic (exact) mass is 369 g/mol. The first-order valence-corrected chi connectivity index (χ1v) is 7.33. The number of esters is 1. The maximum atomic E-state index is 11.9. The molecule has 0 aliphatic carbocycles. The van der Waals surface area contributed by atoms with Crippen molar-refractivity contribution in [2.75, 3.05) is 17.7 Å². The number of nitrogens with two attached hydrogens (primary N) is 1. The van der Waals surface area contributed by atoms with Crippen LogP contribution < -0.4 is 11.1 Å². The fourth-order valence-corrected chi connectivity index (χ4v) is 2.08. The number of carbonyl (C=O) groups is 1. The van der Waals surface area contributed by atoms with Gasteiger partial charge in [0.05, 0.1) is 23.5 Å². The largest absolute Gasteiger partial charge is 0.462 e. The third-order valence-corrected chi connectivity index (χ3v) is 3.82. The van der Waals surface area contributed by atoms with Crippen LogP contribution in [0.2, 0.25) is 5.02 Å².